The number of anilines is 1. The summed E-state index contributed by atoms with van der Waals surface area (Å²) in [4.78, 5) is 24.8. The third-order valence-electron chi connectivity index (χ3n) is 4.08. The first kappa shape index (κ1) is 17.5. The van der Waals surface area contributed by atoms with E-state index in [4.69, 9.17) is 5.26 Å². The Morgan fingerprint density at radius 3 is 2.58 bits per heavy atom. The van der Waals surface area contributed by atoms with Gasteiger partial charge in [0.25, 0.3) is 0 Å². The number of carbonyl (C=O) groups is 2. The van der Waals surface area contributed by atoms with Crippen LogP contribution in [0.15, 0.2) is 54.6 Å². The number of nitrogens with one attached hydrogen (secondary N) is 3. The lowest BCUT2D eigenvalue weighted by atomic mass is 10.1. The first-order valence-electron chi connectivity index (χ1n) is 8.56. The second kappa shape index (κ2) is 8.17. The first-order chi connectivity index (χ1) is 12.6. The van der Waals surface area contributed by atoms with Crippen molar-refractivity contribution in [1.82, 2.24) is 10.6 Å². The summed E-state index contributed by atoms with van der Waals surface area (Å²) in [5.41, 5.74) is 1.92. The normalized spacial score (nSPS) is 14.0. The predicted octanol–water partition coefficient (Wildman–Crippen LogP) is 2.57. The number of urea groups is 1. The van der Waals surface area contributed by atoms with Gasteiger partial charge in [0, 0.05) is 18.2 Å². The van der Waals surface area contributed by atoms with E-state index in [0.717, 1.165) is 18.4 Å². The zero-order valence-electron chi connectivity index (χ0n) is 14.2. The van der Waals surface area contributed by atoms with E-state index in [2.05, 4.69) is 16.0 Å². The molecule has 1 fully saturated rings. The molecule has 0 aliphatic heterocycles. The summed E-state index contributed by atoms with van der Waals surface area (Å²) in [5, 5.41) is 17.3. The number of amides is 3. The Morgan fingerprint density at radius 2 is 1.88 bits per heavy atom. The van der Waals surface area contributed by atoms with Crippen LogP contribution < -0.4 is 16.0 Å². The lowest BCUT2D eigenvalue weighted by Gasteiger charge is -2.19. The first-order valence-corrected chi connectivity index (χ1v) is 8.56. The van der Waals surface area contributed by atoms with Crippen LogP contribution in [-0.4, -0.2) is 24.0 Å². The van der Waals surface area contributed by atoms with Gasteiger partial charge in [-0.1, -0.05) is 36.4 Å². The number of hydrogen-bond acceptors (Lipinski definition) is 3. The van der Waals surface area contributed by atoms with Crippen molar-refractivity contribution in [2.24, 2.45) is 0 Å². The van der Waals surface area contributed by atoms with Crippen LogP contribution in [0.3, 0.4) is 0 Å². The molecule has 6 heteroatoms. The van der Waals surface area contributed by atoms with E-state index in [-0.39, 0.29) is 11.9 Å². The minimum atomic E-state index is -0.669. The summed E-state index contributed by atoms with van der Waals surface area (Å²) in [5.74, 6) is -0.183. The molecular weight excluding hydrogens is 328 g/mol. The number of carbonyl (C=O) groups excluding carboxylic acids is 2. The van der Waals surface area contributed by atoms with Crippen LogP contribution in [0, 0.1) is 11.3 Å². The summed E-state index contributed by atoms with van der Waals surface area (Å²) in [6.07, 6.45) is 2.37. The minimum Gasteiger partial charge on any atom is -0.352 e. The number of benzene rings is 2. The molecule has 1 atom stereocenters. The average Bonchev–Trinajstić information content (AvgIpc) is 3.46. The Kier molecular flexibility index (Phi) is 5.49. The fourth-order valence-corrected chi connectivity index (χ4v) is 2.58. The van der Waals surface area contributed by atoms with Crippen molar-refractivity contribution in [3.63, 3.8) is 0 Å². The van der Waals surface area contributed by atoms with Crippen LogP contribution in [0.1, 0.15) is 24.0 Å². The summed E-state index contributed by atoms with van der Waals surface area (Å²) in [7, 11) is 0. The summed E-state index contributed by atoms with van der Waals surface area (Å²) >= 11 is 0. The lowest BCUT2D eigenvalue weighted by molar-refractivity contribution is -0.123. The lowest BCUT2D eigenvalue weighted by Crippen LogP contribution is -2.49. The molecule has 3 N–H and O–H groups in total. The van der Waals surface area contributed by atoms with Gasteiger partial charge in [-0.25, -0.2) is 4.79 Å². The molecule has 0 heterocycles. The zero-order chi connectivity index (χ0) is 18.4. The van der Waals surface area contributed by atoms with Gasteiger partial charge < -0.3 is 16.0 Å². The second-order valence-electron chi connectivity index (χ2n) is 6.32. The van der Waals surface area contributed by atoms with E-state index in [1.165, 1.54) is 0 Å². The Morgan fingerprint density at radius 1 is 1.12 bits per heavy atom. The van der Waals surface area contributed by atoms with Crippen molar-refractivity contribution >= 4 is 17.6 Å². The Hall–Kier alpha value is -3.33. The Bertz CT molecular complexity index is 825. The van der Waals surface area contributed by atoms with E-state index in [9.17, 15) is 9.59 Å². The molecule has 1 aliphatic rings. The average molecular weight is 348 g/mol. The zero-order valence-corrected chi connectivity index (χ0v) is 14.2. The van der Waals surface area contributed by atoms with Gasteiger partial charge in [-0.2, -0.15) is 5.26 Å². The SMILES string of the molecule is N#Cc1cccc(NC(=O)N[C@@H](Cc2ccccc2)C(=O)NC2CC2)c1. The molecule has 0 radical (unpaired) electrons. The maximum absolute atomic E-state index is 12.5. The maximum atomic E-state index is 12.5. The summed E-state index contributed by atoms with van der Waals surface area (Å²) < 4.78 is 0. The molecule has 0 aromatic heterocycles. The number of rotatable bonds is 6. The third kappa shape index (κ3) is 5.08. The Balaban J connectivity index is 1.66. The van der Waals surface area contributed by atoms with Crippen LogP contribution in [0.25, 0.3) is 0 Å². The van der Waals surface area contributed by atoms with Crippen molar-refractivity contribution < 1.29 is 9.59 Å². The van der Waals surface area contributed by atoms with E-state index in [1.807, 2.05) is 36.4 Å². The van der Waals surface area contributed by atoms with Crippen molar-refractivity contribution in [3.05, 3.63) is 65.7 Å². The highest BCUT2D eigenvalue weighted by atomic mass is 16.2. The molecule has 0 unspecified atom stereocenters. The number of nitrogens with zero attached hydrogens (tertiary/aromatic N) is 1. The van der Waals surface area contributed by atoms with Crippen LogP contribution in [0.4, 0.5) is 10.5 Å². The van der Waals surface area contributed by atoms with Gasteiger partial charge >= 0.3 is 6.03 Å². The number of nitriles is 1. The molecular formula is C20H20N4O2. The van der Waals surface area contributed by atoms with E-state index in [0.29, 0.717) is 17.7 Å². The van der Waals surface area contributed by atoms with Gasteiger partial charge in [0.1, 0.15) is 6.04 Å². The van der Waals surface area contributed by atoms with Crippen LogP contribution in [0.5, 0.6) is 0 Å². The summed E-state index contributed by atoms with van der Waals surface area (Å²) in [6, 6.07) is 17.3. The monoisotopic (exact) mass is 348 g/mol. The summed E-state index contributed by atoms with van der Waals surface area (Å²) in [6.45, 7) is 0. The highest BCUT2D eigenvalue weighted by Gasteiger charge is 2.28. The van der Waals surface area contributed by atoms with E-state index in [1.54, 1.807) is 24.3 Å². The molecule has 6 nitrogen and oxygen atoms in total. The van der Waals surface area contributed by atoms with Crippen molar-refractivity contribution in [2.45, 2.75) is 31.3 Å². The van der Waals surface area contributed by atoms with Gasteiger partial charge in [-0.05, 0) is 36.6 Å². The quantitative estimate of drug-likeness (QED) is 0.749. The van der Waals surface area contributed by atoms with Crippen molar-refractivity contribution in [3.8, 4) is 6.07 Å². The molecule has 0 bridgehead atoms. The van der Waals surface area contributed by atoms with E-state index < -0.39 is 12.1 Å². The molecule has 3 amide bonds. The molecule has 1 saturated carbocycles. The van der Waals surface area contributed by atoms with Crippen molar-refractivity contribution in [1.29, 1.82) is 5.26 Å². The molecule has 0 saturated heterocycles. The fourth-order valence-electron chi connectivity index (χ4n) is 2.58. The molecule has 1 aliphatic carbocycles. The standard InChI is InChI=1S/C20H20N4O2/c21-13-15-7-4-8-17(11-15)23-20(26)24-18(19(25)22-16-9-10-16)12-14-5-2-1-3-6-14/h1-8,11,16,18H,9-10,12H2,(H,22,25)(H2,23,24,26)/t18-/m0/s1. The molecule has 0 spiro atoms. The topological polar surface area (TPSA) is 94.0 Å². The van der Waals surface area contributed by atoms with Gasteiger partial charge in [-0.3, -0.25) is 4.79 Å². The third-order valence-corrected chi connectivity index (χ3v) is 4.08. The fraction of sp³-hybridized carbons (Fsp3) is 0.250. The van der Waals surface area contributed by atoms with Gasteiger partial charge in [0.2, 0.25) is 5.91 Å². The van der Waals surface area contributed by atoms with Crippen LogP contribution in [-0.2, 0) is 11.2 Å². The van der Waals surface area contributed by atoms with Crippen molar-refractivity contribution in [2.75, 3.05) is 5.32 Å². The highest BCUT2D eigenvalue weighted by Crippen LogP contribution is 2.19. The molecule has 2 aromatic rings. The smallest absolute Gasteiger partial charge is 0.319 e. The Labute approximate surface area is 152 Å². The number of hydrogen-bond donors (Lipinski definition) is 3. The molecule has 26 heavy (non-hydrogen) atoms. The highest BCUT2D eigenvalue weighted by molar-refractivity contribution is 5.94. The van der Waals surface area contributed by atoms with Gasteiger partial charge in [0.05, 0.1) is 11.6 Å². The largest absolute Gasteiger partial charge is 0.352 e. The molecule has 132 valence electrons. The molecule has 3 rings (SSSR count). The van der Waals surface area contributed by atoms with Crippen LogP contribution >= 0.6 is 0 Å². The minimum absolute atomic E-state index is 0.183. The van der Waals surface area contributed by atoms with E-state index >= 15 is 0 Å². The second-order valence-corrected chi connectivity index (χ2v) is 6.32. The maximum Gasteiger partial charge on any atom is 0.319 e. The molecule has 2 aromatic carbocycles. The predicted molar refractivity (Wildman–Crippen MR) is 98.4 cm³/mol. The van der Waals surface area contributed by atoms with Crippen LogP contribution in [0.2, 0.25) is 0 Å². The van der Waals surface area contributed by atoms with Gasteiger partial charge in [-0.15, -0.1) is 0 Å². The van der Waals surface area contributed by atoms with Gasteiger partial charge in [0.15, 0.2) is 0 Å².